The van der Waals surface area contributed by atoms with Gasteiger partial charge in [0.2, 0.25) is 0 Å². The highest BCUT2D eigenvalue weighted by molar-refractivity contribution is 5.74. The molecule has 0 spiro atoms. The van der Waals surface area contributed by atoms with Gasteiger partial charge in [-0.3, -0.25) is 0 Å². The average Bonchev–Trinajstić information content (AvgIpc) is 3.06. The second-order valence-electron chi connectivity index (χ2n) is 6.01. The van der Waals surface area contributed by atoms with Gasteiger partial charge in [-0.05, 0) is 24.8 Å². The summed E-state index contributed by atoms with van der Waals surface area (Å²) in [4.78, 5) is 12.1. The zero-order valence-corrected chi connectivity index (χ0v) is 13.4. The number of hydrogen-bond donors (Lipinski definition) is 3. The number of carbonyl (C=O) groups excluding carboxylic acids is 1. The fourth-order valence-electron chi connectivity index (χ4n) is 3.12. The maximum atomic E-state index is 14.1. The molecule has 2 unspecified atom stereocenters. The van der Waals surface area contributed by atoms with E-state index >= 15 is 0 Å². The van der Waals surface area contributed by atoms with Gasteiger partial charge in [-0.1, -0.05) is 31.0 Å². The van der Waals surface area contributed by atoms with Crippen molar-refractivity contribution in [1.29, 1.82) is 0 Å². The lowest BCUT2D eigenvalue weighted by atomic mass is 9.91. The van der Waals surface area contributed by atoms with Crippen LogP contribution < -0.4 is 10.6 Å². The van der Waals surface area contributed by atoms with Crippen LogP contribution in [0, 0.1) is 11.7 Å². The fraction of sp³-hybridized carbons (Fsp3) is 0.588. The highest BCUT2D eigenvalue weighted by Crippen LogP contribution is 2.36. The summed E-state index contributed by atoms with van der Waals surface area (Å²) in [7, 11) is 1.48. The zero-order chi connectivity index (χ0) is 16.7. The van der Waals surface area contributed by atoms with Crippen LogP contribution in [0.3, 0.4) is 0 Å². The number of rotatable bonds is 7. The molecular formula is C17H25FN2O3. The number of methoxy groups -OCH3 is 1. The number of amides is 2. The summed E-state index contributed by atoms with van der Waals surface area (Å²) in [6.07, 6.45) is 3.40. The number of halogens is 1. The maximum Gasteiger partial charge on any atom is 0.315 e. The predicted octanol–water partition coefficient (Wildman–Crippen LogP) is 2.36. The van der Waals surface area contributed by atoms with E-state index in [1.165, 1.54) is 13.2 Å². The number of hydrogen-bond acceptors (Lipinski definition) is 3. The molecule has 1 aliphatic rings. The zero-order valence-electron chi connectivity index (χ0n) is 13.4. The standard InChI is InChI=1S/C17H25FN2O3/c1-23-11-13(21)10-19-17(22)20-16(12-6-2-3-7-12)14-8-4-5-9-15(14)18/h4-5,8-9,12-13,16,21H,2-3,6-7,10-11H2,1H3,(H2,19,20,22). The van der Waals surface area contributed by atoms with Gasteiger partial charge in [0.25, 0.3) is 0 Å². The first-order chi connectivity index (χ1) is 11.1. The van der Waals surface area contributed by atoms with Crippen molar-refractivity contribution >= 4 is 6.03 Å². The van der Waals surface area contributed by atoms with E-state index in [0.29, 0.717) is 5.56 Å². The van der Waals surface area contributed by atoms with Crippen molar-refractivity contribution in [1.82, 2.24) is 10.6 Å². The molecule has 3 N–H and O–H groups in total. The summed E-state index contributed by atoms with van der Waals surface area (Å²) in [6.45, 7) is 0.244. The molecule has 0 saturated heterocycles. The molecule has 6 heteroatoms. The number of aliphatic hydroxyl groups is 1. The molecule has 23 heavy (non-hydrogen) atoms. The Kier molecular flexibility index (Phi) is 6.80. The van der Waals surface area contributed by atoms with Crippen LogP contribution in [0.1, 0.15) is 37.3 Å². The molecule has 0 radical (unpaired) electrons. The van der Waals surface area contributed by atoms with Gasteiger partial charge in [0.15, 0.2) is 0 Å². The van der Waals surface area contributed by atoms with Crippen molar-refractivity contribution < 1.29 is 19.0 Å². The van der Waals surface area contributed by atoms with Crippen LogP contribution in [-0.4, -0.2) is 37.5 Å². The van der Waals surface area contributed by atoms with E-state index in [4.69, 9.17) is 4.74 Å². The predicted molar refractivity (Wildman–Crippen MR) is 85.5 cm³/mol. The quantitative estimate of drug-likeness (QED) is 0.721. The lowest BCUT2D eigenvalue weighted by Gasteiger charge is -2.26. The molecule has 0 aliphatic heterocycles. The molecule has 0 aromatic heterocycles. The van der Waals surface area contributed by atoms with Gasteiger partial charge in [0, 0.05) is 19.2 Å². The molecule has 2 rings (SSSR count). The van der Waals surface area contributed by atoms with Crippen LogP contribution in [0.5, 0.6) is 0 Å². The summed E-state index contributed by atoms with van der Waals surface area (Å²) in [6, 6.07) is 5.81. The van der Waals surface area contributed by atoms with E-state index < -0.39 is 12.1 Å². The topological polar surface area (TPSA) is 70.6 Å². The minimum absolute atomic E-state index is 0.0916. The summed E-state index contributed by atoms with van der Waals surface area (Å²) < 4.78 is 18.9. The second kappa shape index (κ2) is 8.84. The van der Waals surface area contributed by atoms with Gasteiger partial charge >= 0.3 is 6.03 Å². The number of aliphatic hydroxyl groups excluding tert-OH is 1. The van der Waals surface area contributed by atoms with Gasteiger partial charge in [0.05, 0.1) is 18.8 Å². The molecule has 0 heterocycles. The Labute approximate surface area is 136 Å². The molecule has 128 valence electrons. The van der Waals surface area contributed by atoms with Crippen molar-refractivity contribution in [3.8, 4) is 0 Å². The van der Waals surface area contributed by atoms with E-state index in [1.807, 2.05) is 0 Å². The van der Waals surface area contributed by atoms with Crippen LogP contribution in [0.4, 0.5) is 9.18 Å². The van der Waals surface area contributed by atoms with Crippen molar-refractivity contribution in [2.45, 2.75) is 37.8 Å². The van der Waals surface area contributed by atoms with Crippen molar-refractivity contribution in [2.24, 2.45) is 5.92 Å². The molecule has 1 aromatic rings. The first kappa shape index (κ1) is 17.7. The third-order valence-corrected chi connectivity index (χ3v) is 4.26. The molecular weight excluding hydrogens is 299 g/mol. The van der Waals surface area contributed by atoms with Crippen LogP contribution in [0.15, 0.2) is 24.3 Å². The molecule has 1 aromatic carbocycles. The van der Waals surface area contributed by atoms with Gasteiger partial charge in [-0.15, -0.1) is 0 Å². The SMILES string of the molecule is COCC(O)CNC(=O)NC(c1ccccc1F)C1CCCC1. The third-order valence-electron chi connectivity index (χ3n) is 4.26. The van der Waals surface area contributed by atoms with E-state index in [9.17, 15) is 14.3 Å². The summed E-state index contributed by atoms with van der Waals surface area (Å²) >= 11 is 0. The van der Waals surface area contributed by atoms with E-state index in [2.05, 4.69) is 10.6 Å². The van der Waals surface area contributed by atoms with E-state index in [-0.39, 0.29) is 30.9 Å². The van der Waals surface area contributed by atoms with Gasteiger partial charge in [-0.2, -0.15) is 0 Å². The highest BCUT2D eigenvalue weighted by Gasteiger charge is 2.29. The lowest BCUT2D eigenvalue weighted by molar-refractivity contribution is 0.0658. The molecule has 2 amide bonds. The maximum absolute atomic E-state index is 14.1. The summed E-state index contributed by atoms with van der Waals surface area (Å²) in [5.74, 6) is -0.0642. The Bertz CT molecular complexity index is 506. The minimum atomic E-state index is -0.760. The Morgan fingerprint density at radius 2 is 2.09 bits per heavy atom. The number of benzene rings is 1. The van der Waals surface area contributed by atoms with Crippen molar-refractivity contribution in [3.05, 3.63) is 35.6 Å². The third kappa shape index (κ3) is 5.18. The van der Waals surface area contributed by atoms with Crippen molar-refractivity contribution in [3.63, 3.8) is 0 Å². The van der Waals surface area contributed by atoms with Crippen LogP contribution in [-0.2, 0) is 4.74 Å². The smallest absolute Gasteiger partial charge is 0.315 e. The van der Waals surface area contributed by atoms with E-state index in [0.717, 1.165) is 25.7 Å². The second-order valence-corrected chi connectivity index (χ2v) is 6.01. The van der Waals surface area contributed by atoms with Crippen LogP contribution in [0.25, 0.3) is 0 Å². The van der Waals surface area contributed by atoms with Crippen molar-refractivity contribution in [2.75, 3.05) is 20.3 Å². The van der Waals surface area contributed by atoms with Gasteiger partial charge in [0.1, 0.15) is 5.82 Å². The first-order valence-corrected chi connectivity index (χ1v) is 8.07. The number of ether oxygens (including phenoxy) is 1. The average molecular weight is 324 g/mol. The van der Waals surface area contributed by atoms with E-state index in [1.54, 1.807) is 18.2 Å². The summed E-state index contributed by atoms with van der Waals surface area (Å²) in [5.41, 5.74) is 0.520. The van der Waals surface area contributed by atoms with Gasteiger partial charge < -0.3 is 20.5 Å². The molecule has 1 aliphatic carbocycles. The molecule has 1 saturated carbocycles. The number of nitrogens with one attached hydrogen (secondary N) is 2. The minimum Gasteiger partial charge on any atom is -0.389 e. The Hall–Kier alpha value is -1.66. The Balaban J connectivity index is 2.00. The summed E-state index contributed by atoms with van der Waals surface area (Å²) in [5, 5.41) is 15.1. The first-order valence-electron chi connectivity index (χ1n) is 8.07. The fourth-order valence-corrected chi connectivity index (χ4v) is 3.12. The molecule has 2 atom stereocenters. The molecule has 0 bridgehead atoms. The number of urea groups is 1. The molecule has 5 nitrogen and oxygen atoms in total. The highest BCUT2D eigenvalue weighted by atomic mass is 19.1. The molecule has 1 fully saturated rings. The lowest BCUT2D eigenvalue weighted by Crippen LogP contribution is -2.44. The monoisotopic (exact) mass is 324 g/mol. The van der Waals surface area contributed by atoms with Crippen LogP contribution in [0.2, 0.25) is 0 Å². The van der Waals surface area contributed by atoms with Crippen LogP contribution >= 0.6 is 0 Å². The number of carbonyl (C=O) groups is 1. The Morgan fingerprint density at radius 1 is 1.39 bits per heavy atom. The Morgan fingerprint density at radius 3 is 2.74 bits per heavy atom. The van der Waals surface area contributed by atoms with Gasteiger partial charge in [-0.25, -0.2) is 9.18 Å². The normalized spacial score (nSPS) is 17.7. The largest absolute Gasteiger partial charge is 0.389 e.